The number of fused-ring (bicyclic) bond motifs is 5. The standard InChI is InChI=1S/C21H25N9O10P2S3/c1-34-14-10-4-36-41(32,43)39-7-2-8(16-11-12(29-45-16)17(22)25-5-24-11)37-9(7)3-35-42(33,44)40-15(14)20(38-10)30-6-26-13-18(30)27-21(23)28-19(13)31/h5-10,14-15,20H,2-4H2,1H3,(H,32,43)(H,33,44)(H2,22,24,25)(H3,23,27,28,31)/t7-,8+,9+,10+,14+,15+,20+,41-,42-/m0/s1. The van der Waals surface area contributed by atoms with Crippen LogP contribution in [-0.4, -0.2) is 84.7 Å². The van der Waals surface area contributed by atoms with E-state index in [9.17, 15) is 13.9 Å². The van der Waals surface area contributed by atoms with Crippen LogP contribution in [0, 0.1) is 0 Å². The van der Waals surface area contributed by atoms with Crippen LogP contribution in [0.4, 0.5) is 11.8 Å². The summed E-state index contributed by atoms with van der Waals surface area (Å²) in [5.41, 5.74) is 12.1. The minimum atomic E-state index is -4.20. The fourth-order valence-electron chi connectivity index (χ4n) is 5.47. The van der Waals surface area contributed by atoms with Gasteiger partial charge in [-0.05, 0) is 11.5 Å². The average Bonchev–Trinajstić information content (AvgIpc) is 3.74. The molecule has 4 aromatic rings. The summed E-state index contributed by atoms with van der Waals surface area (Å²) < 4.78 is 74.1. The maximum Gasteiger partial charge on any atom is 0.386 e. The Morgan fingerprint density at radius 2 is 1.78 bits per heavy atom. The fourth-order valence-corrected chi connectivity index (χ4v) is 9.32. The molecular formula is C21H25N9O10P2S3. The topological polar surface area (TPSA) is 253 Å². The monoisotopic (exact) mass is 721 g/mol. The number of nitrogens with two attached hydrogens (primary N) is 2. The van der Waals surface area contributed by atoms with Crippen LogP contribution in [0.3, 0.4) is 0 Å². The Morgan fingerprint density at radius 3 is 2.56 bits per heavy atom. The normalized spacial score (nSPS) is 36.0. The molecule has 0 radical (unpaired) electrons. The number of nitrogen functional groups attached to an aromatic ring is 2. The number of aromatic nitrogens is 7. The minimum Gasteiger partial charge on any atom is -0.382 e. The molecular weight excluding hydrogens is 696 g/mol. The molecule has 0 saturated carbocycles. The number of nitrogens with zero attached hydrogens (tertiary/aromatic N) is 6. The second-order valence-electron chi connectivity index (χ2n) is 10.2. The third-order valence-electron chi connectivity index (χ3n) is 7.42. The summed E-state index contributed by atoms with van der Waals surface area (Å²) in [4.78, 5) is 31.9. The summed E-state index contributed by atoms with van der Waals surface area (Å²) in [6.07, 6.45) is -3.95. The first-order chi connectivity index (χ1) is 21.4. The van der Waals surface area contributed by atoms with E-state index in [2.05, 4.69) is 53.8 Å². The van der Waals surface area contributed by atoms with Crippen molar-refractivity contribution < 1.29 is 41.4 Å². The zero-order valence-electron chi connectivity index (χ0n) is 22.9. The van der Waals surface area contributed by atoms with Gasteiger partial charge in [0.1, 0.15) is 41.8 Å². The maximum atomic E-state index is 13.7. The highest BCUT2D eigenvalue weighted by Gasteiger charge is 2.52. The molecule has 7 heterocycles. The number of imidazole rings is 1. The van der Waals surface area contributed by atoms with Crippen molar-refractivity contribution in [1.29, 1.82) is 0 Å². The van der Waals surface area contributed by atoms with E-state index in [-0.39, 0.29) is 42.6 Å². The molecule has 3 fully saturated rings. The van der Waals surface area contributed by atoms with Gasteiger partial charge in [0.2, 0.25) is 5.95 Å². The maximum absolute atomic E-state index is 13.7. The van der Waals surface area contributed by atoms with Gasteiger partial charge in [-0.1, -0.05) is 24.5 Å². The van der Waals surface area contributed by atoms with Crippen molar-refractivity contribution in [3.8, 4) is 0 Å². The molecule has 19 nitrogen and oxygen atoms in total. The second-order valence-corrected chi connectivity index (χ2v) is 16.7. The Kier molecular flexibility index (Phi) is 8.23. The zero-order valence-corrected chi connectivity index (χ0v) is 27.3. The summed E-state index contributed by atoms with van der Waals surface area (Å²) in [5, 5.41) is 0. The van der Waals surface area contributed by atoms with Gasteiger partial charge >= 0.3 is 13.6 Å². The largest absolute Gasteiger partial charge is 0.386 e. The fraction of sp³-hybridized carbons (Fsp3) is 0.524. The number of nitrogens with one attached hydrogen (secondary N) is 1. The molecule has 0 aliphatic carbocycles. The number of ether oxygens (including phenoxy) is 3. The van der Waals surface area contributed by atoms with E-state index in [0.717, 1.165) is 11.5 Å². The molecule has 3 aliphatic heterocycles. The van der Waals surface area contributed by atoms with E-state index < -0.39 is 62.0 Å². The van der Waals surface area contributed by atoms with Crippen molar-refractivity contribution in [2.75, 3.05) is 31.8 Å². The second kappa shape index (κ2) is 11.8. The van der Waals surface area contributed by atoms with Gasteiger partial charge in [0, 0.05) is 13.5 Å². The molecule has 5 N–H and O–H groups in total. The summed E-state index contributed by atoms with van der Waals surface area (Å²) in [7, 11) is 1.37. The molecule has 242 valence electrons. The Morgan fingerprint density at radius 1 is 1.02 bits per heavy atom. The summed E-state index contributed by atoms with van der Waals surface area (Å²) in [5.74, 6) is 0.0429. The molecule has 0 spiro atoms. The van der Waals surface area contributed by atoms with Gasteiger partial charge in [0.05, 0.1) is 36.6 Å². The zero-order chi connectivity index (χ0) is 31.7. The molecule has 2 bridgehead atoms. The molecule has 45 heavy (non-hydrogen) atoms. The first kappa shape index (κ1) is 31.4. The molecule has 4 aromatic heterocycles. The molecule has 24 heteroatoms. The lowest BCUT2D eigenvalue weighted by Gasteiger charge is -2.27. The van der Waals surface area contributed by atoms with E-state index in [1.54, 1.807) is 0 Å². The predicted molar refractivity (Wildman–Crippen MR) is 164 cm³/mol. The number of aromatic amines is 1. The number of H-pyrrole nitrogens is 1. The average molecular weight is 722 g/mol. The van der Waals surface area contributed by atoms with Gasteiger partial charge in [0.25, 0.3) is 5.56 Å². The lowest BCUT2D eigenvalue weighted by molar-refractivity contribution is -0.0545. The molecule has 9 atom stereocenters. The van der Waals surface area contributed by atoms with Crippen LogP contribution < -0.4 is 17.0 Å². The molecule has 0 aromatic carbocycles. The van der Waals surface area contributed by atoms with Crippen LogP contribution in [0.1, 0.15) is 23.6 Å². The first-order valence-corrected chi connectivity index (χ1v) is 19.3. The Labute approximate surface area is 267 Å². The number of thiol groups is 2. The molecule has 7 rings (SSSR count). The summed E-state index contributed by atoms with van der Waals surface area (Å²) in [6, 6.07) is 0. The van der Waals surface area contributed by atoms with Gasteiger partial charge in [-0.3, -0.25) is 32.4 Å². The lowest BCUT2D eigenvalue weighted by Crippen LogP contribution is -2.37. The quantitative estimate of drug-likeness (QED) is 0.150. The van der Waals surface area contributed by atoms with Crippen molar-refractivity contribution in [1.82, 2.24) is 33.9 Å². The van der Waals surface area contributed by atoms with Gasteiger partial charge in [0.15, 0.2) is 23.2 Å². The van der Waals surface area contributed by atoms with Crippen LogP contribution in [0.5, 0.6) is 0 Å². The number of anilines is 2. The summed E-state index contributed by atoms with van der Waals surface area (Å²) in [6.45, 7) is -8.98. The number of rotatable bonds is 3. The molecule has 0 unspecified atom stereocenters. The molecule has 3 aliphatic rings. The summed E-state index contributed by atoms with van der Waals surface area (Å²) >= 11 is 9.53. The highest BCUT2D eigenvalue weighted by molar-refractivity contribution is 8.44. The Hall–Kier alpha value is -2.20. The molecule has 0 amide bonds. The number of methoxy groups -OCH3 is 1. The van der Waals surface area contributed by atoms with Gasteiger partial charge in [-0.25, -0.2) is 24.1 Å². The van der Waals surface area contributed by atoms with Crippen LogP contribution in [0.15, 0.2) is 17.4 Å². The molecule has 3 saturated heterocycles. The third kappa shape index (κ3) is 5.92. The lowest BCUT2D eigenvalue weighted by atomic mass is 10.1. The Bertz CT molecular complexity index is 1930. The van der Waals surface area contributed by atoms with E-state index in [0.29, 0.717) is 15.9 Å². The number of hydrogen-bond acceptors (Lipinski definition) is 18. The van der Waals surface area contributed by atoms with Crippen LogP contribution >= 0.6 is 49.6 Å². The van der Waals surface area contributed by atoms with Crippen LogP contribution in [0.2, 0.25) is 0 Å². The highest BCUT2D eigenvalue weighted by Crippen LogP contribution is 2.60. The van der Waals surface area contributed by atoms with Crippen molar-refractivity contribution in [3.63, 3.8) is 0 Å². The van der Waals surface area contributed by atoms with Gasteiger partial charge in [-0.2, -0.15) is 9.36 Å². The van der Waals surface area contributed by atoms with Crippen molar-refractivity contribution >= 4 is 83.6 Å². The Balaban J connectivity index is 1.20. The predicted octanol–water partition coefficient (Wildman–Crippen LogP) is 2.02. The van der Waals surface area contributed by atoms with Crippen molar-refractivity contribution in [2.45, 2.75) is 49.3 Å². The van der Waals surface area contributed by atoms with E-state index in [4.69, 9.17) is 43.8 Å². The van der Waals surface area contributed by atoms with Gasteiger partial charge < -0.3 is 25.7 Å². The van der Waals surface area contributed by atoms with Crippen molar-refractivity contribution in [2.24, 2.45) is 0 Å². The van der Waals surface area contributed by atoms with Crippen LogP contribution in [0.25, 0.3) is 22.2 Å². The van der Waals surface area contributed by atoms with Crippen LogP contribution in [-0.2, 0) is 41.4 Å². The minimum absolute atomic E-state index is 0.0324. The smallest absolute Gasteiger partial charge is 0.382 e. The van der Waals surface area contributed by atoms with Gasteiger partial charge in [-0.15, -0.1) is 0 Å². The van der Waals surface area contributed by atoms with Crippen molar-refractivity contribution in [3.05, 3.63) is 27.9 Å². The number of hydrogen-bond donors (Lipinski definition) is 5. The SMILES string of the molecule is CO[C@H]1[C@H]2O[P@@](=O)(S)OC[C@H]3O[C@@H](c4snc5c(N)ncnc45)C[C@@H]3O[P@@](=O)(S)OC[C@H]1O[C@H]2n1cnc2c(=O)[nH]c(N)nc21. The van der Waals surface area contributed by atoms with E-state index in [1.165, 1.54) is 24.3 Å². The highest BCUT2D eigenvalue weighted by atomic mass is 32.7. The van der Waals surface area contributed by atoms with E-state index >= 15 is 0 Å². The van der Waals surface area contributed by atoms with E-state index in [1.807, 2.05) is 0 Å². The third-order valence-corrected chi connectivity index (χ3v) is 11.6. The first-order valence-electron chi connectivity index (χ1n) is 13.2.